The van der Waals surface area contributed by atoms with Crippen molar-refractivity contribution in [2.45, 2.75) is 51.0 Å². The molecule has 2 aliphatic rings. The smallest absolute Gasteiger partial charge is 0.321 e. The highest BCUT2D eigenvalue weighted by Gasteiger charge is 2.17. The van der Waals surface area contributed by atoms with E-state index in [0.29, 0.717) is 35.2 Å². The Morgan fingerprint density at radius 3 is 2.79 bits per heavy atom. The number of benzene rings is 1. The summed E-state index contributed by atoms with van der Waals surface area (Å²) in [7, 11) is 0. The second-order valence-corrected chi connectivity index (χ2v) is 8.05. The van der Waals surface area contributed by atoms with Crippen LogP contribution in [0.1, 0.15) is 44.2 Å². The lowest BCUT2D eigenvalue weighted by molar-refractivity contribution is -0.116. The number of urea groups is 1. The minimum atomic E-state index is -0.210. The minimum Gasteiger partial charge on any atom is -0.454 e. The van der Waals surface area contributed by atoms with Crippen molar-refractivity contribution >= 4 is 34.1 Å². The van der Waals surface area contributed by atoms with Gasteiger partial charge < -0.3 is 20.1 Å². The molecule has 3 amide bonds. The monoisotopic (exact) mass is 416 g/mol. The van der Waals surface area contributed by atoms with E-state index in [9.17, 15) is 9.59 Å². The van der Waals surface area contributed by atoms with Gasteiger partial charge in [-0.3, -0.25) is 10.1 Å². The number of ether oxygens (including phenoxy) is 2. The van der Waals surface area contributed by atoms with Crippen molar-refractivity contribution in [1.82, 2.24) is 10.3 Å². The highest BCUT2D eigenvalue weighted by molar-refractivity contribution is 7.13. The largest absolute Gasteiger partial charge is 0.454 e. The third-order valence-electron chi connectivity index (χ3n) is 4.98. The van der Waals surface area contributed by atoms with E-state index in [0.717, 1.165) is 18.5 Å². The number of anilines is 2. The van der Waals surface area contributed by atoms with E-state index in [4.69, 9.17) is 9.47 Å². The molecule has 1 aromatic heterocycles. The zero-order chi connectivity index (χ0) is 20.1. The van der Waals surface area contributed by atoms with Gasteiger partial charge in [-0.15, -0.1) is 11.3 Å². The molecular weight excluding hydrogens is 392 g/mol. The molecule has 9 heteroatoms. The lowest BCUT2D eigenvalue weighted by Gasteiger charge is -2.22. The van der Waals surface area contributed by atoms with Crippen LogP contribution in [0.2, 0.25) is 0 Å². The Kier molecular flexibility index (Phi) is 6.14. The topological polar surface area (TPSA) is 102 Å². The van der Waals surface area contributed by atoms with Crippen LogP contribution in [0.5, 0.6) is 11.5 Å². The third kappa shape index (κ3) is 5.38. The number of nitrogens with zero attached hydrogens (tertiary/aromatic N) is 1. The number of aromatic nitrogens is 1. The summed E-state index contributed by atoms with van der Waals surface area (Å²) < 4.78 is 10.6. The molecule has 0 saturated heterocycles. The number of hydrogen-bond acceptors (Lipinski definition) is 6. The molecule has 0 radical (unpaired) electrons. The predicted octanol–water partition coefficient (Wildman–Crippen LogP) is 3.90. The first-order valence-electron chi connectivity index (χ1n) is 9.87. The highest BCUT2D eigenvalue weighted by Crippen LogP contribution is 2.34. The molecule has 8 nitrogen and oxygen atoms in total. The number of carbonyl (C=O) groups is 2. The van der Waals surface area contributed by atoms with E-state index in [-0.39, 0.29) is 24.8 Å². The molecule has 1 fully saturated rings. The normalized spacial score (nSPS) is 15.7. The molecule has 1 aliphatic heterocycles. The highest BCUT2D eigenvalue weighted by atomic mass is 32.1. The molecule has 0 atom stereocenters. The van der Waals surface area contributed by atoms with Crippen molar-refractivity contribution in [3.8, 4) is 11.5 Å². The Morgan fingerprint density at radius 1 is 1.10 bits per heavy atom. The summed E-state index contributed by atoms with van der Waals surface area (Å²) in [4.78, 5) is 28.7. The Morgan fingerprint density at radius 2 is 1.93 bits per heavy atom. The number of thiazole rings is 1. The van der Waals surface area contributed by atoms with E-state index in [1.807, 2.05) is 5.38 Å². The quantitative estimate of drug-likeness (QED) is 0.663. The van der Waals surface area contributed by atoms with Gasteiger partial charge in [0, 0.05) is 29.6 Å². The van der Waals surface area contributed by atoms with Crippen LogP contribution in [0.25, 0.3) is 0 Å². The molecule has 154 valence electrons. The van der Waals surface area contributed by atoms with Crippen LogP contribution in [0.3, 0.4) is 0 Å². The van der Waals surface area contributed by atoms with Gasteiger partial charge in [0.25, 0.3) is 0 Å². The average Bonchev–Trinajstić information content (AvgIpc) is 3.36. The molecule has 0 bridgehead atoms. The molecule has 2 aromatic rings. The Labute approximate surface area is 173 Å². The number of rotatable bonds is 6. The Bertz CT molecular complexity index is 879. The van der Waals surface area contributed by atoms with Crippen molar-refractivity contribution in [1.29, 1.82) is 0 Å². The van der Waals surface area contributed by atoms with Gasteiger partial charge >= 0.3 is 6.03 Å². The number of hydrogen-bond donors (Lipinski definition) is 3. The molecule has 1 aliphatic carbocycles. The molecule has 4 rings (SSSR count). The van der Waals surface area contributed by atoms with Gasteiger partial charge in [0.05, 0.1) is 5.69 Å². The van der Waals surface area contributed by atoms with Gasteiger partial charge in [0.15, 0.2) is 16.6 Å². The molecule has 29 heavy (non-hydrogen) atoms. The fourth-order valence-corrected chi connectivity index (χ4v) is 4.22. The van der Waals surface area contributed by atoms with E-state index in [1.165, 1.54) is 30.6 Å². The van der Waals surface area contributed by atoms with E-state index in [2.05, 4.69) is 20.9 Å². The van der Waals surface area contributed by atoms with Gasteiger partial charge in [-0.1, -0.05) is 19.3 Å². The number of nitrogens with one attached hydrogen (secondary N) is 3. The Hall–Kier alpha value is -2.81. The van der Waals surface area contributed by atoms with E-state index in [1.54, 1.807) is 18.2 Å². The number of aryl methyl sites for hydroxylation is 1. The van der Waals surface area contributed by atoms with Crippen molar-refractivity contribution in [2.75, 3.05) is 17.4 Å². The fraction of sp³-hybridized carbons (Fsp3) is 0.450. The van der Waals surface area contributed by atoms with Gasteiger partial charge in [-0.05, 0) is 31.4 Å². The van der Waals surface area contributed by atoms with Crippen LogP contribution in [-0.2, 0) is 11.2 Å². The standard InChI is InChI=1S/C20H24N4O4S/c25-18(21-14-6-8-16-17(10-14)28-12-27-16)9-7-15-11-29-20(23-15)24-19(26)22-13-4-2-1-3-5-13/h6,8,10-11,13H,1-5,7,9,12H2,(H,21,25)(H2,22,23,24,26). The maximum atomic E-state index is 12.2. The van der Waals surface area contributed by atoms with E-state index < -0.39 is 0 Å². The van der Waals surface area contributed by atoms with Crippen LogP contribution < -0.4 is 25.4 Å². The summed E-state index contributed by atoms with van der Waals surface area (Å²) in [6.45, 7) is 0.200. The fourth-order valence-electron chi connectivity index (χ4n) is 3.48. The first-order valence-corrected chi connectivity index (χ1v) is 10.7. The summed E-state index contributed by atoms with van der Waals surface area (Å²) in [5.74, 6) is 1.20. The zero-order valence-electron chi connectivity index (χ0n) is 16.0. The third-order valence-corrected chi connectivity index (χ3v) is 5.78. The second kappa shape index (κ2) is 9.13. The maximum Gasteiger partial charge on any atom is 0.321 e. The molecular formula is C20H24N4O4S. The first-order chi connectivity index (χ1) is 14.2. The maximum absolute atomic E-state index is 12.2. The van der Waals surface area contributed by atoms with Crippen molar-refractivity contribution < 1.29 is 19.1 Å². The molecule has 0 unspecified atom stereocenters. The van der Waals surface area contributed by atoms with Crippen molar-refractivity contribution in [2.24, 2.45) is 0 Å². The molecule has 2 heterocycles. The van der Waals surface area contributed by atoms with Crippen LogP contribution in [0.4, 0.5) is 15.6 Å². The van der Waals surface area contributed by atoms with Gasteiger partial charge in [-0.25, -0.2) is 9.78 Å². The second-order valence-electron chi connectivity index (χ2n) is 7.19. The van der Waals surface area contributed by atoms with Crippen LogP contribution in [0.15, 0.2) is 23.6 Å². The average molecular weight is 417 g/mol. The summed E-state index contributed by atoms with van der Waals surface area (Å²) in [6.07, 6.45) is 6.45. The number of amides is 3. The number of fused-ring (bicyclic) bond motifs is 1. The van der Waals surface area contributed by atoms with Crippen LogP contribution in [0, 0.1) is 0 Å². The molecule has 0 spiro atoms. The van der Waals surface area contributed by atoms with Gasteiger partial charge in [-0.2, -0.15) is 0 Å². The predicted molar refractivity (Wildman–Crippen MR) is 111 cm³/mol. The molecule has 1 saturated carbocycles. The molecule has 3 N–H and O–H groups in total. The van der Waals surface area contributed by atoms with Crippen molar-refractivity contribution in [3.05, 3.63) is 29.3 Å². The SMILES string of the molecule is O=C(CCc1csc(NC(=O)NC2CCCCC2)n1)Nc1ccc2c(c1)OCO2. The van der Waals surface area contributed by atoms with Gasteiger partial charge in [0.1, 0.15) is 0 Å². The summed E-state index contributed by atoms with van der Waals surface area (Å²) >= 11 is 1.36. The van der Waals surface area contributed by atoms with Gasteiger partial charge in [0.2, 0.25) is 12.7 Å². The number of carbonyl (C=O) groups excluding carboxylic acids is 2. The zero-order valence-corrected chi connectivity index (χ0v) is 16.8. The summed E-state index contributed by atoms with van der Waals surface area (Å²) in [5, 5.41) is 11.1. The summed E-state index contributed by atoms with van der Waals surface area (Å²) in [6, 6.07) is 5.34. The van der Waals surface area contributed by atoms with Crippen molar-refractivity contribution in [3.63, 3.8) is 0 Å². The van der Waals surface area contributed by atoms with Crippen LogP contribution >= 0.6 is 11.3 Å². The summed E-state index contributed by atoms with van der Waals surface area (Å²) in [5.41, 5.74) is 1.45. The van der Waals surface area contributed by atoms with Crippen LogP contribution in [-0.4, -0.2) is 29.8 Å². The first kappa shape index (κ1) is 19.5. The van der Waals surface area contributed by atoms with E-state index >= 15 is 0 Å². The lowest BCUT2D eigenvalue weighted by Crippen LogP contribution is -2.38. The minimum absolute atomic E-state index is 0.110. The lowest BCUT2D eigenvalue weighted by atomic mass is 9.96. The molecule has 1 aromatic carbocycles. The Balaban J connectivity index is 1.21.